The fourth-order valence-corrected chi connectivity index (χ4v) is 6.33. The van der Waals surface area contributed by atoms with Crippen LogP contribution in [0, 0.1) is 17.0 Å². The molecule has 4 aliphatic rings. The molecule has 0 unspecified atom stereocenters. The van der Waals surface area contributed by atoms with Gasteiger partial charge in [0, 0.05) is 38.3 Å². The fourth-order valence-electron chi connectivity index (χ4n) is 6.33. The zero-order valence-electron chi connectivity index (χ0n) is 23.5. The van der Waals surface area contributed by atoms with Crippen molar-refractivity contribution in [1.82, 2.24) is 9.80 Å². The van der Waals surface area contributed by atoms with E-state index in [2.05, 4.69) is 21.0 Å². The van der Waals surface area contributed by atoms with Gasteiger partial charge in [-0.15, -0.1) is 0 Å². The molecule has 0 aromatic heterocycles. The number of halogens is 2. The Morgan fingerprint density at radius 1 is 1.12 bits per heavy atom. The number of rotatable bonds is 7. The summed E-state index contributed by atoms with van der Waals surface area (Å²) in [6.07, 6.45) is 4.44. The molecule has 9 heteroatoms. The van der Waals surface area contributed by atoms with Crippen molar-refractivity contribution in [3.8, 4) is 16.9 Å². The molecule has 0 amide bonds. The van der Waals surface area contributed by atoms with Crippen LogP contribution < -0.4 is 4.74 Å². The van der Waals surface area contributed by atoms with Crippen LogP contribution in [-0.2, 0) is 20.9 Å². The average Bonchev–Trinajstić information content (AvgIpc) is 3.68. The zero-order valence-corrected chi connectivity index (χ0v) is 23.5. The van der Waals surface area contributed by atoms with Crippen molar-refractivity contribution in [2.24, 2.45) is 10.6 Å². The van der Waals surface area contributed by atoms with Gasteiger partial charge in [0.05, 0.1) is 25.6 Å². The molecule has 1 aliphatic carbocycles. The largest absolute Gasteiger partial charge is 0.496 e. The number of ether oxygens (including phenoxy) is 2. The van der Waals surface area contributed by atoms with Crippen LogP contribution in [0.2, 0.25) is 0 Å². The number of likely N-dealkylation sites (tertiary alicyclic amines) is 2. The Hall–Kier alpha value is -3.20. The molecule has 3 aliphatic heterocycles. The van der Waals surface area contributed by atoms with E-state index in [9.17, 15) is 13.6 Å². The van der Waals surface area contributed by atoms with E-state index in [1.165, 1.54) is 17.7 Å². The van der Waals surface area contributed by atoms with Gasteiger partial charge in [0.1, 0.15) is 11.6 Å². The maximum atomic E-state index is 14.0. The lowest BCUT2D eigenvalue weighted by molar-refractivity contribution is -0.156. The molecule has 3 heterocycles. The smallest absolute Gasteiger partial charge is 0.311 e. The molecule has 6 rings (SSSR count). The van der Waals surface area contributed by atoms with Crippen molar-refractivity contribution in [3.63, 3.8) is 0 Å². The standard InChI is InChI=1S/C31H37F2N3O4/c1-4-39-29(37)30(2)9-11-36(12-10-30)28-16-31(40-34-28)18-35(19-31)17-22-13-23(20-5-6-20)24(15-27(22)38-3)21-7-8-25(32)26(33)14-21/h7-8,13-15,20H,4-6,9-12,16-19H2,1-3H3. The molecular weight excluding hydrogens is 516 g/mol. The molecule has 40 heavy (non-hydrogen) atoms. The minimum atomic E-state index is -0.844. The molecule has 3 fully saturated rings. The Kier molecular flexibility index (Phi) is 6.97. The molecular formula is C31H37F2N3O4. The second-order valence-corrected chi connectivity index (χ2v) is 12.0. The van der Waals surface area contributed by atoms with Gasteiger partial charge in [0.2, 0.25) is 0 Å². The molecule has 2 aromatic rings. The van der Waals surface area contributed by atoms with Crippen molar-refractivity contribution in [3.05, 3.63) is 53.1 Å². The molecule has 2 aromatic carbocycles. The minimum Gasteiger partial charge on any atom is -0.496 e. The summed E-state index contributed by atoms with van der Waals surface area (Å²) in [4.78, 5) is 22.9. The number of hydrogen-bond acceptors (Lipinski definition) is 7. The number of oxime groups is 1. The highest BCUT2D eigenvalue weighted by molar-refractivity contribution is 5.85. The van der Waals surface area contributed by atoms with Crippen molar-refractivity contribution in [2.45, 2.75) is 64.0 Å². The lowest BCUT2D eigenvalue weighted by Gasteiger charge is -2.46. The molecule has 214 valence electrons. The Morgan fingerprint density at radius 3 is 2.52 bits per heavy atom. The van der Waals surface area contributed by atoms with E-state index in [4.69, 9.17) is 14.3 Å². The highest BCUT2D eigenvalue weighted by Gasteiger charge is 2.51. The molecule has 1 spiro atoms. The summed E-state index contributed by atoms with van der Waals surface area (Å²) in [6, 6.07) is 8.24. The second kappa shape index (κ2) is 10.3. The third-order valence-corrected chi connectivity index (χ3v) is 8.94. The third kappa shape index (κ3) is 5.04. The van der Waals surface area contributed by atoms with Gasteiger partial charge in [-0.3, -0.25) is 9.69 Å². The predicted octanol–water partition coefficient (Wildman–Crippen LogP) is 5.47. The van der Waals surface area contributed by atoms with Gasteiger partial charge in [0.15, 0.2) is 17.2 Å². The number of nitrogens with zero attached hydrogens (tertiary/aromatic N) is 3. The summed E-state index contributed by atoms with van der Waals surface area (Å²) in [6.45, 7) is 8.02. The van der Waals surface area contributed by atoms with Gasteiger partial charge in [0.25, 0.3) is 0 Å². The first kappa shape index (κ1) is 27.0. The third-order valence-electron chi connectivity index (χ3n) is 8.94. The van der Waals surface area contributed by atoms with E-state index in [1.807, 2.05) is 19.9 Å². The summed E-state index contributed by atoms with van der Waals surface area (Å²) in [5.74, 6) is 0.346. The quantitative estimate of drug-likeness (QED) is 0.424. The lowest BCUT2D eigenvalue weighted by Crippen LogP contribution is -2.61. The normalized spacial score (nSPS) is 21.5. The van der Waals surface area contributed by atoms with Gasteiger partial charge in [-0.1, -0.05) is 11.2 Å². The van der Waals surface area contributed by atoms with E-state index >= 15 is 0 Å². The van der Waals surface area contributed by atoms with E-state index in [0.29, 0.717) is 24.6 Å². The van der Waals surface area contributed by atoms with Crippen molar-refractivity contribution in [1.29, 1.82) is 0 Å². The summed E-state index contributed by atoms with van der Waals surface area (Å²) in [5.41, 5.74) is 3.07. The van der Waals surface area contributed by atoms with Crippen LogP contribution in [0.15, 0.2) is 35.5 Å². The maximum Gasteiger partial charge on any atom is 0.311 e. The second-order valence-electron chi connectivity index (χ2n) is 12.0. The first-order chi connectivity index (χ1) is 19.2. The average molecular weight is 554 g/mol. The molecule has 0 N–H and O–H groups in total. The van der Waals surface area contributed by atoms with Crippen LogP contribution in [0.3, 0.4) is 0 Å². The van der Waals surface area contributed by atoms with Crippen molar-refractivity contribution >= 4 is 11.8 Å². The van der Waals surface area contributed by atoms with Gasteiger partial charge in [-0.25, -0.2) is 8.78 Å². The van der Waals surface area contributed by atoms with Crippen molar-refractivity contribution < 1.29 is 27.9 Å². The summed E-state index contributed by atoms with van der Waals surface area (Å²) >= 11 is 0. The Balaban J connectivity index is 1.09. The van der Waals surface area contributed by atoms with Crippen molar-refractivity contribution in [2.75, 3.05) is 39.9 Å². The Labute approximate surface area is 234 Å². The van der Waals surface area contributed by atoms with E-state index in [0.717, 1.165) is 81.0 Å². The van der Waals surface area contributed by atoms with E-state index < -0.39 is 17.0 Å². The Morgan fingerprint density at radius 2 is 1.88 bits per heavy atom. The minimum absolute atomic E-state index is 0.108. The van der Waals surface area contributed by atoms with Crippen LogP contribution in [0.25, 0.3) is 11.1 Å². The number of benzene rings is 2. The number of carbonyl (C=O) groups excluding carboxylic acids is 1. The molecule has 0 radical (unpaired) electrons. The number of carbonyl (C=O) groups is 1. The Bertz CT molecular complexity index is 1330. The summed E-state index contributed by atoms with van der Waals surface area (Å²) in [5, 5.41) is 4.46. The maximum absolute atomic E-state index is 14.0. The molecule has 7 nitrogen and oxygen atoms in total. The highest BCUT2D eigenvalue weighted by atomic mass is 19.2. The number of hydrogen-bond donors (Lipinski definition) is 0. The van der Waals surface area contributed by atoms with Crippen LogP contribution in [-0.4, -0.2) is 67.1 Å². The van der Waals surface area contributed by atoms with Crippen LogP contribution in [0.5, 0.6) is 5.75 Å². The molecule has 0 atom stereocenters. The number of esters is 1. The van der Waals surface area contributed by atoms with Crippen LogP contribution in [0.1, 0.15) is 63.0 Å². The number of amidine groups is 1. The van der Waals surface area contributed by atoms with Crippen LogP contribution >= 0.6 is 0 Å². The SMILES string of the molecule is CCOC(=O)C1(C)CCN(C2=NOC3(C2)CN(Cc2cc(C4CC4)c(-c4ccc(F)c(F)c4)cc2OC)C3)CC1. The predicted molar refractivity (Wildman–Crippen MR) is 147 cm³/mol. The number of piperidine rings is 1. The topological polar surface area (TPSA) is 63.6 Å². The van der Waals surface area contributed by atoms with Gasteiger partial charge in [-0.2, -0.15) is 0 Å². The van der Waals surface area contributed by atoms with Gasteiger partial charge in [-0.05, 0) is 86.4 Å². The summed E-state index contributed by atoms with van der Waals surface area (Å²) < 4.78 is 38.7. The first-order valence-corrected chi connectivity index (χ1v) is 14.3. The molecule has 2 saturated heterocycles. The highest BCUT2D eigenvalue weighted by Crippen LogP contribution is 2.47. The summed E-state index contributed by atoms with van der Waals surface area (Å²) in [7, 11) is 1.65. The fraction of sp³-hybridized carbons (Fsp3) is 0.548. The monoisotopic (exact) mass is 553 g/mol. The van der Waals surface area contributed by atoms with Gasteiger partial charge >= 0.3 is 5.97 Å². The molecule has 1 saturated carbocycles. The van der Waals surface area contributed by atoms with Gasteiger partial charge < -0.3 is 19.2 Å². The van der Waals surface area contributed by atoms with E-state index in [-0.39, 0.29) is 11.6 Å². The van der Waals surface area contributed by atoms with Crippen LogP contribution in [0.4, 0.5) is 8.78 Å². The molecule has 0 bridgehead atoms. The first-order valence-electron chi connectivity index (χ1n) is 14.3. The van der Waals surface area contributed by atoms with E-state index in [1.54, 1.807) is 13.2 Å². The lowest BCUT2D eigenvalue weighted by atomic mass is 9.80. The zero-order chi connectivity index (χ0) is 28.1. The number of methoxy groups -OCH3 is 1.